The zero-order valence-corrected chi connectivity index (χ0v) is 13.2. The highest BCUT2D eigenvalue weighted by Crippen LogP contribution is 2.20. The lowest BCUT2D eigenvalue weighted by Gasteiger charge is -2.31. The Morgan fingerprint density at radius 3 is 2.83 bits per heavy atom. The first kappa shape index (κ1) is 15.5. The molecule has 1 atom stereocenters. The Morgan fingerprint density at radius 2 is 2.17 bits per heavy atom. The van der Waals surface area contributed by atoms with Gasteiger partial charge in [0, 0.05) is 25.6 Å². The van der Waals surface area contributed by atoms with Crippen LogP contribution in [0.3, 0.4) is 0 Å². The van der Waals surface area contributed by atoms with Gasteiger partial charge in [0.2, 0.25) is 11.7 Å². The molecule has 0 bridgehead atoms. The maximum Gasteiger partial charge on any atom is 0.260 e. The summed E-state index contributed by atoms with van der Waals surface area (Å²) in [4.78, 5) is 18.1. The topological polar surface area (TPSA) is 77.7 Å². The normalized spacial score (nSPS) is 18.0. The molecule has 1 aliphatic rings. The van der Waals surface area contributed by atoms with Crippen LogP contribution in [-0.4, -0.2) is 53.4 Å². The Kier molecular flexibility index (Phi) is 4.57. The van der Waals surface area contributed by atoms with E-state index >= 15 is 0 Å². The Balaban J connectivity index is 1.55. The molecule has 1 unspecified atom stereocenters. The minimum atomic E-state index is -0.0296. The number of benzene rings is 1. The average Bonchev–Trinajstić information content (AvgIpc) is 2.99. The predicted octanol–water partition coefficient (Wildman–Crippen LogP) is 1.67. The summed E-state index contributed by atoms with van der Waals surface area (Å²) in [7, 11) is 0. The van der Waals surface area contributed by atoms with E-state index in [1.54, 1.807) is 24.0 Å². The van der Waals surface area contributed by atoms with Gasteiger partial charge in [0.05, 0.1) is 12.7 Å². The van der Waals surface area contributed by atoms with E-state index < -0.39 is 0 Å². The van der Waals surface area contributed by atoms with Gasteiger partial charge >= 0.3 is 0 Å². The van der Waals surface area contributed by atoms with Crippen LogP contribution in [0, 0.1) is 6.92 Å². The van der Waals surface area contributed by atoms with Crippen LogP contribution in [-0.2, 0) is 9.53 Å². The van der Waals surface area contributed by atoms with Crippen LogP contribution < -0.4 is 4.74 Å². The molecule has 0 saturated carbocycles. The lowest BCUT2D eigenvalue weighted by Crippen LogP contribution is -2.46. The molecule has 1 saturated heterocycles. The number of rotatable bonds is 4. The standard InChI is InChI=1S/C16H19N3O4/c1-11-9-19(7-8-21-11)15(20)10-22-14-5-3-13(4-6-14)16-17-12(2)23-18-16/h3-6,11H,7-10H2,1-2H3. The summed E-state index contributed by atoms with van der Waals surface area (Å²) in [5.74, 6) is 1.65. The summed E-state index contributed by atoms with van der Waals surface area (Å²) in [5.41, 5.74) is 0.836. The SMILES string of the molecule is Cc1nc(-c2ccc(OCC(=O)N3CCOC(C)C3)cc2)no1. The van der Waals surface area contributed by atoms with Crippen molar-refractivity contribution >= 4 is 5.91 Å². The second-order valence-corrected chi connectivity index (χ2v) is 5.47. The van der Waals surface area contributed by atoms with E-state index in [2.05, 4.69) is 10.1 Å². The van der Waals surface area contributed by atoms with Gasteiger partial charge in [0.25, 0.3) is 5.91 Å². The Bertz CT molecular complexity index is 668. The quantitative estimate of drug-likeness (QED) is 0.853. The number of amides is 1. The van der Waals surface area contributed by atoms with Crippen molar-refractivity contribution in [3.8, 4) is 17.1 Å². The van der Waals surface area contributed by atoms with Crippen molar-refractivity contribution in [2.24, 2.45) is 0 Å². The third-order valence-corrected chi connectivity index (χ3v) is 3.60. The number of hydrogen-bond donors (Lipinski definition) is 0. The van der Waals surface area contributed by atoms with Crippen molar-refractivity contribution < 1.29 is 18.8 Å². The van der Waals surface area contributed by atoms with Gasteiger partial charge in [-0.1, -0.05) is 5.16 Å². The molecule has 7 nitrogen and oxygen atoms in total. The fourth-order valence-electron chi connectivity index (χ4n) is 2.40. The maximum absolute atomic E-state index is 12.1. The number of aromatic nitrogens is 2. The van der Waals surface area contributed by atoms with E-state index in [-0.39, 0.29) is 18.6 Å². The minimum absolute atomic E-state index is 0.0212. The van der Waals surface area contributed by atoms with Crippen LogP contribution in [0.4, 0.5) is 0 Å². The molecular weight excluding hydrogens is 298 g/mol. The Hall–Kier alpha value is -2.41. The van der Waals surface area contributed by atoms with Gasteiger partial charge < -0.3 is 18.9 Å². The molecule has 0 aliphatic carbocycles. The Morgan fingerprint density at radius 1 is 1.39 bits per heavy atom. The highest BCUT2D eigenvalue weighted by molar-refractivity contribution is 5.78. The van der Waals surface area contributed by atoms with Crippen molar-refractivity contribution in [3.05, 3.63) is 30.2 Å². The van der Waals surface area contributed by atoms with Gasteiger partial charge in [-0.15, -0.1) is 0 Å². The first-order valence-electron chi connectivity index (χ1n) is 7.55. The molecule has 23 heavy (non-hydrogen) atoms. The summed E-state index contributed by atoms with van der Waals surface area (Å²) in [5, 5.41) is 3.86. The Labute approximate surface area is 134 Å². The van der Waals surface area contributed by atoms with Gasteiger partial charge in [-0.25, -0.2) is 0 Å². The van der Waals surface area contributed by atoms with Crippen LogP contribution in [0.15, 0.2) is 28.8 Å². The number of morpholine rings is 1. The van der Waals surface area contributed by atoms with E-state index in [1.165, 1.54) is 0 Å². The molecule has 122 valence electrons. The van der Waals surface area contributed by atoms with Gasteiger partial charge in [0.1, 0.15) is 5.75 Å². The molecule has 2 aromatic rings. The molecule has 0 spiro atoms. The van der Waals surface area contributed by atoms with E-state index in [0.29, 0.717) is 37.2 Å². The minimum Gasteiger partial charge on any atom is -0.484 e. The van der Waals surface area contributed by atoms with E-state index in [0.717, 1.165) is 5.56 Å². The average molecular weight is 317 g/mol. The summed E-state index contributed by atoms with van der Waals surface area (Å²) in [6, 6.07) is 7.24. The van der Waals surface area contributed by atoms with Crippen molar-refractivity contribution in [3.63, 3.8) is 0 Å². The van der Waals surface area contributed by atoms with Crippen LogP contribution in [0.25, 0.3) is 11.4 Å². The van der Waals surface area contributed by atoms with Gasteiger partial charge in [-0.3, -0.25) is 4.79 Å². The molecule has 1 aliphatic heterocycles. The third-order valence-electron chi connectivity index (χ3n) is 3.60. The van der Waals surface area contributed by atoms with Crippen LogP contribution >= 0.6 is 0 Å². The zero-order chi connectivity index (χ0) is 16.2. The predicted molar refractivity (Wildman–Crippen MR) is 82.0 cm³/mol. The van der Waals surface area contributed by atoms with Crippen molar-refractivity contribution in [2.75, 3.05) is 26.3 Å². The number of ether oxygens (including phenoxy) is 2. The summed E-state index contributed by atoms with van der Waals surface area (Å²) >= 11 is 0. The van der Waals surface area contributed by atoms with Gasteiger partial charge in [-0.2, -0.15) is 4.98 Å². The molecule has 1 amide bonds. The number of hydrogen-bond acceptors (Lipinski definition) is 6. The molecule has 2 heterocycles. The summed E-state index contributed by atoms with van der Waals surface area (Å²) < 4.78 is 15.9. The molecule has 3 rings (SSSR count). The van der Waals surface area contributed by atoms with Gasteiger partial charge in [0.15, 0.2) is 6.61 Å². The van der Waals surface area contributed by atoms with Crippen LogP contribution in [0.5, 0.6) is 5.75 Å². The maximum atomic E-state index is 12.1. The van der Waals surface area contributed by atoms with E-state index in [4.69, 9.17) is 14.0 Å². The molecule has 0 N–H and O–H groups in total. The number of carbonyl (C=O) groups is 1. The van der Waals surface area contributed by atoms with E-state index in [9.17, 15) is 4.79 Å². The second-order valence-electron chi connectivity index (χ2n) is 5.47. The molecule has 1 aromatic heterocycles. The van der Waals surface area contributed by atoms with Gasteiger partial charge in [-0.05, 0) is 31.2 Å². The number of aryl methyl sites for hydroxylation is 1. The fourth-order valence-corrected chi connectivity index (χ4v) is 2.40. The second kappa shape index (κ2) is 6.78. The van der Waals surface area contributed by atoms with Crippen LogP contribution in [0.2, 0.25) is 0 Å². The third kappa shape index (κ3) is 3.87. The highest BCUT2D eigenvalue weighted by atomic mass is 16.5. The molecule has 7 heteroatoms. The summed E-state index contributed by atoms with van der Waals surface area (Å²) in [6.45, 7) is 5.52. The highest BCUT2D eigenvalue weighted by Gasteiger charge is 2.21. The lowest BCUT2D eigenvalue weighted by atomic mass is 10.2. The number of nitrogens with zero attached hydrogens (tertiary/aromatic N) is 3. The molecule has 0 radical (unpaired) electrons. The fraction of sp³-hybridized carbons (Fsp3) is 0.438. The van der Waals surface area contributed by atoms with Crippen molar-refractivity contribution in [1.82, 2.24) is 15.0 Å². The first-order valence-corrected chi connectivity index (χ1v) is 7.55. The first-order chi connectivity index (χ1) is 11.1. The molecular formula is C16H19N3O4. The summed E-state index contributed by atoms with van der Waals surface area (Å²) in [6.07, 6.45) is 0.0744. The van der Waals surface area contributed by atoms with Crippen LogP contribution in [0.1, 0.15) is 12.8 Å². The largest absolute Gasteiger partial charge is 0.484 e. The van der Waals surface area contributed by atoms with Crippen molar-refractivity contribution in [1.29, 1.82) is 0 Å². The lowest BCUT2D eigenvalue weighted by molar-refractivity contribution is -0.140. The van der Waals surface area contributed by atoms with Crippen molar-refractivity contribution in [2.45, 2.75) is 20.0 Å². The van der Waals surface area contributed by atoms with E-state index in [1.807, 2.05) is 19.1 Å². The molecule has 1 fully saturated rings. The number of carbonyl (C=O) groups excluding carboxylic acids is 1. The smallest absolute Gasteiger partial charge is 0.260 e. The molecule has 1 aromatic carbocycles. The zero-order valence-electron chi connectivity index (χ0n) is 13.2. The monoisotopic (exact) mass is 317 g/mol.